The van der Waals surface area contributed by atoms with E-state index < -0.39 is 11.4 Å². The van der Waals surface area contributed by atoms with E-state index in [2.05, 4.69) is 0 Å². The number of Topliss-reactive ketones (excluding diaryl/α,β-unsaturated/α-hetero) is 1. The number of rotatable bonds is 1. The van der Waals surface area contributed by atoms with Crippen LogP contribution in [0.25, 0.3) is 0 Å². The number of carbonyl (C=O) groups excluding carboxylic acids is 2. The molecular formula is C12H10O3. The lowest BCUT2D eigenvalue weighted by atomic mass is 9.81. The second-order valence-corrected chi connectivity index (χ2v) is 3.57. The highest BCUT2D eigenvalue weighted by molar-refractivity contribution is 6.10. The third kappa shape index (κ3) is 1.32. The third-order valence-corrected chi connectivity index (χ3v) is 2.62. The van der Waals surface area contributed by atoms with E-state index in [1.54, 1.807) is 24.3 Å². The van der Waals surface area contributed by atoms with Gasteiger partial charge in [0.15, 0.2) is 17.2 Å². The topological polar surface area (TPSA) is 54.4 Å². The maximum absolute atomic E-state index is 11.5. The van der Waals surface area contributed by atoms with E-state index in [0.717, 1.165) is 0 Å². The summed E-state index contributed by atoms with van der Waals surface area (Å²) in [7, 11) is 0. The first kappa shape index (κ1) is 9.80. The summed E-state index contributed by atoms with van der Waals surface area (Å²) in [6.07, 6.45) is 2.49. The number of benzene rings is 1. The number of allylic oxidation sites excluding steroid dienone is 1. The van der Waals surface area contributed by atoms with E-state index in [1.165, 1.54) is 19.1 Å². The molecule has 1 aliphatic carbocycles. The van der Waals surface area contributed by atoms with Crippen molar-refractivity contribution in [3.63, 3.8) is 0 Å². The van der Waals surface area contributed by atoms with Gasteiger partial charge in [0.05, 0.1) is 0 Å². The largest absolute Gasteiger partial charge is 0.374 e. The molecule has 1 atom stereocenters. The van der Waals surface area contributed by atoms with Crippen LogP contribution in [0.3, 0.4) is 0 Å². The van der Waals surface area contributed by atoms with Crippen LogP contribution >= 0.6 is 0 Å². The number of hydrogen-bond acceptors (Lipinski definition) is 3. The monoisotopic (exact) mass is 202 g/mol. The van der Waals surface area contributed by atoms with Gasteiger partial charge in [-0.2, -0.15) is 0 Å². The van der Waals surface area contributed by atoms with Gasteiger partial charge in [0, 0.05) is 11.1 Å². The highest BCUT2D eigenvalue weighted by Gasteiger charge is 2.37. The molecule has 0 saturated heterocycles. The molecule has 15 heavy (non-hydrogen) atoms. The Morgan fingerprint density at radius 1 is 1.33 bits per heavy atom. The Hall–Kier alpha value is -1.74. The van der Waals surface area contributed by atoms with Crippen molar-refractivity contribution in [1.29, 1.82) is 0 Å². The zero-order valence-corrected chi connectivity index (χ0v) is 8.23. The maximum atomic E-state index is 11.5. The molecule has 0 aliphatic heterocycles. The van der Waals surface area contributed by atoms with Crippen LogP contribution in [0, 0.1) is 0 Å². The van der Waals surface area contributed by atoms with Crippen molar-refractivity contribution in [2.45, 2.75) is 12.5 Å². The molecule has 76 valence electrons. The molecule has 1 unspecified atom stereocenters. The van der Waals surface area contributed by atoms with Crippen LogP contribution in [-0.2, 0) is 10.4 Å². The van der Waals surface area contributed by atoms with Gasteiger partial charge in [0.2, 0.25) is 0 Å². The highest BCUT2D eigenvalue weighted by atomic mass is 16.3. The van der Waals surface area contributed by atoms with Gasteiger partial charge in [0.25, 0.3) is 0 Å². The summed E-state index contributed by atoms with van der Waals surface area (Å²) in [6.45, 7) is 1.30. The SMILES string of the molecule is CC(=O)C1(O)C=CC(=O)c2ccccc21. The lowest BCUT2D eigenvalue weighted by Crippen LogP contribution is -2.35. The van der Waals surface area contributed by atoms with Gasteiger partial charge >= 0.3 is 0 Å². The van der Waals surface area contributed by atoms with Crippen molar-refractivity contribution in [2.24, 2.45) is 0 Å². The molecule has 2 rings (SSSR count). The highest BCUT2D eigenvalue weighted by Crippen LogP contribution is 2.31. The van der Waals surface area contributed by atoms with Crippen molar-refractivity contribution >= 4 is 11.6 Å². The van der Waals surface area contributed by atoms with E-state index in [4.69, 9.17) is 0 Å². The van der Waals surface area contributed by atoms with Gasteiger partial charge < -0.3 is 5.11 Å². The Morgan fingerprint density at radius 2 is 2.00 bits per heavy atom. The molecule has 1 aromatic carbocycles. The van der Waals surface area contributed by atoms with E-state index in [0.29, 0.717) is 11.1 Å². The summed E-state index contributed by atoms with van der Waals surface area (Å²) < 4.78 is 0. The van der Waals surface area contributed by atoms with Crippen LogP contribution in [0.1, 0.15) is 22.8 Å². The lowest BCUT2D eigenvalue weighted by molar-refractivity contribution is -0.131. The van der Waals surface area contributed by atoms with Crippen LogP contribution in [0.15, 0.2) is 36.4 Å². The van der Waals surface area contributed by atoms with E-state index in [1.807, 2.05) is 0 Å². The van der Waals surface area contributed by atoms with Crippen LogP contribution in [-0.4, -0.2) is 16.7 Å². The first-order valence-corrected chi connectivity index (χ1v) is 4.62. The van der Waals surface area contributed by atoms with Gasteiger partial charge in [-0.15, -0.1) is 0 Å². The van der Waals surface area contributed by atoms with E-state index in [9.17, 15) is 14.7 Å². The molecule has 0 spiro atoms. The van der Waals surface area contributed by atoms with Crippen LogP contribution in [0.4, 0.5) is 0 Å². The van der Waals surface area contributed by atoms with Gasteiger partial charge in [0.1, 0.15) is 0 Å². The molecule has 1 aromatic rings. The van der Waals surface area contributed by atoms with Gasteiger partial charge in [-0.1, -0.05) is 24.3 Å². The fraction of sp³-hybridized carbons (Fsp3) is 0.167. The summed E-state index contributed by atoms with van der Waals surface area (Å²) in [4.78, 5) is 22.9. The molecule has 3 nitrogen and oxygen atoms in total. The second-order valence-electron chi connectivity index (χ2n) is 3.57. The molecule has 0 heterocycles. The number of ketones is 2. The smallest absolute Gasteiger partial charge is 0.186 e. The number of carbonyl (C=O) groups is 2. The summed E-state index contributed by atoms with van der Waals surface area (Å²) in [6, 6.07) is 6.60. The summed E-state index contributed by atoms with van der Waals surface area (Å²) in [5.74, 6) is -0.574. The minimum Gasteiger partial charge on any atom is -0.374 e. The standard InChI is InChI=1S/C12H10O3/c1-8(13)12(15)7-6-11(14)9-4-2-3-5-10(9)12/h2-7,15H,1H3. The predicted molar refractivity (Wildman–Crippen MR) is 54.5 cm³/mol. The quantitative estimate of drug-likeness (QED) is 0.744. The molecule has 3 heteroatoms. The fourth-order valence-electron chi connectivity index (χ4n) is 1.71. The average molecular weight is 202 g/mol. The van der Waals surface area contributed by atoms with Gasteiger partial charge in [-0.3, -0.25) is 9.59 Å². The van der Waals surface area contributed by atoms with Crippen LogP contribution in [0.5, 0.6) is 0 Å². The molecular weight excluding hydrogens is 192 g/mol. The Bertz CT molecular complexity index is 474. The molecule has 0 radical (unpaired) electrons. The lowest BCUT2D eigenvalue weighted by Gasteiger charge is -2.26. The van der Waals surface area contributed by atoms with E-state index >= 15 is 0 Å². The Balaban J connectivity index is 2.70. The zero-order valence-electron chi connectivity index (χ0n) is 8.23. The molecule has 0 saturated carbocycles. The summed E-state index contributed by atoms with van der Waals surface area (Å²) >= 11 is 0. The predicted octanol–water partition coefficient (Wildman–Crippen LogP) is 1.22. The van der Waals surface area contributed by atoms with Crippen molar-refractivity contribution in [3.05, 3.63) is 47.5 Å². The van der Waals surface area contributed by atoms with Crippen molar-refractivity contribution in [3.8, 4) is 0 Å². The minimum absolute atomic E-state index is 0.184. The second kappa shape index (κ2) is 3.14. The summed E-state index contributed by atoms with van der Waals surface area (Å²) in [5, 5.41) is 10.1. The molecule has 0 amide bonds. The fourth-order valence-corrected chi connectivity index (χ4v) is 1.71. The third-order valence-electron chi connectivity index (χ3n) is 2.62. The molecule has 0 bridgehead atoms. The van der Waals surface area contributed by atoms with Crippen LogP contribution < -0.4 is 0 Å². The summed E-state index contributed by atoms with van der Waals surface area (Å²) in [5.41, 5.74) is -0.896. The zero-order chi connectivity index (χ0) is 11.1. The molecule has 0 aromatic heterocycles. The Labute approximate surface area is 87.0 Å². The van der Waals surface area contributed by atoms with Crippen LogP contribution in [0.2, 0.25) is 0 Å². The van der Waals surface area contributed by atoms with E-state index in [-0.39, 0.29) is 5.78 Å². The Kier molecular flexibility index (Phi) is 2.05. The Morgan fingerprint density at radius 3 is 2.67 bits per heavy atom. The number of hydrogen-bond donors (Lipinski definition) is 1. The molecule has 1 N–H and O–H groups in total. The first-order valence-electron chi connectivity index (χ1n) is 4.62. The first-order chi connectivity index (χ1) is 7.05. The van der Waals surface area contributed by atoms with Gasteiger partial charge in [-0.05, 0) is 19.1 Å². The van der Waals surface area contributed by atoms with Crippen molar-refractivity contribution in [1.82, 2.24) is 0 Å². The average Bonchev–Trinajstić information content (AvgIpc) is 2.24. The van der Waals surface area contributed by atoms with Gasteiger partial charge in [-0.25, -0.2) is 0 Å². The number of aliphatic hydroxyl groups is 1. The molecule has 0 fully saturated rings. The minimum atomic E-state index is -1.65. The number of fused-ring (bicyclic) bond motifs is 1. The maximum Gasteiger partial charge on any atom is 0.186 e. The molecule has 1 aliphatic rings. The van der Waals surface area contributed by atoms with Crippen molar-refractivity contribution in [2.75, 3.05) is 0 Å². The normalized spacial score (nSPS) is 23.7. The van der Waals surface area contributed by atoms with Crippen molar-refractivity contribution < 1.29 is 14.7 Å².